The smallest absolute Gasteiger partial charge is 0.253 e. The molecule has 1 heterocycles. The van der Waals surface area contributed by atoms with Gasteiger partial charge in [-0.2, -0.15) is 0 Å². The molecule has 0 atom stereocenters. The molecule has 1 aromatic rings. The Morgan fingerprint density at radius 3 is 2.09 bits per heavy atom. The predicted molar refractivity (Wildman–Crippen MR) is 86.3 cm³/mol. The van der Waals surface area contributed by atoms with Gasteiger partial charge in [-0.05, 0) is 51.0 Å². The van der Waals surface area contributed by atoms with Crippen molar-refractivity contribution in [2.45, 2.75) is 50.5 Å². The molecule has 2 rings (SSSR count). The van der Waals surface area contributed by atoms with Crippen LogP contribution in [0.4, 0.5) is 0 Å². The Morgan fingerprint density at radius 2 is 1.59 bits per heavy atom. The molecule has 1 saturated heterocycles. The van der Waals surface area contributed by atoms with Crippen LogP contribution in [-0.2, 0) is 10.0 Å². The Kier molecular flexibility index (Phi) is 5.58. The molecule has 122 valence electrons. The predicted octanol–water partition coefficient (Wildman–Crippen LogP) is 2.39. The van der Waals surface area contributed by atoms with Gasteiger partial charge in [-0.25, -0.2) is 13.1 Å². The van der Waals surface area contributed by atoms with E-state index < -0.39 is 10.0 Å². The molecule has 22 heavy (non-hydrogen) atoms. The first-order chi connectivity index (χ1) is 10.4. The number of carbonyl (C=O) groups excluding carboxylic acids is 1. The molecule has 0 aliphatic carbocycles. The molecule has 1 aliphatic heterocycles. The van der Waals surface area contributed by atoms with E-state index in [1.807, 2.05) is 4.90 Å². The van der Waals surface area contributed by atoms with Crippen LogP contribution in [0.1, 0.15) is 49.9 Å². The van der Waals surface area contributed by atoms with E-state index in [1.54, 1.807) is 26.0 Å². The van der Waals surface area contributed by atoms with Gasteiger partial charge in [0.05, 0.1) is 4.90 Å². The maximum atomic E-state index is 12.5. The van der Waals surface area contributed by atoms with Gasteiger partial charge in [0.25, 0.3) is 5.91 Å². The van der Waals surface area contributed by atoms with Gasteiger partial charge >= 0.3 is 0 Å². The SMILES string of the molecule is CC(C)NS(=O)(=O)c1ccc(C(=O)N2CCCCCC2)cc1. The second kappa shape index (κ2) is 7.24. The highest BCUT2D eigenvalue weighted by Crippen LogP contribution is 2.16. The minimum absolute atomic E-state index is 0.0114. The number of amides is 1. The zero-order chi connectivity index (χ0) is 16.2. The normalized spacial score (nSPS) is 16.6. The lowest BCUT2D eigenvalue weighted by Gasteiger charge is -2.20. The third-order valence-corrected chi connectivity index (χ3v) is 5.37. The van der Waals surface area contributed by atoms with Crippen LogP contribution in [0.5, 0.6) is 0 Å². The van der Waals surface area contributed by atoms with Gasteiger partial charge in [0, 0.05) is 24.7 Å². The number of nitrogens with one attached hydrogen (secondary N) is 1. The van der Waals surface area contributed by atoms with Crippen LogP contribution in [0.25, 0.3) is 0 Å². The van der Waals surface area contributed by atoms with Gasteiger partial charge in [0.1, 0.15) is 0 Å². The van der Waals surface area contributed by atoms with E-state index in [0.29, 0.717) is 5.56 Å². The second-order valence-corrected chi connectivity index (χ2v) is 7.72. The summed E-state index contributed by atoms with van der Waals surface area (Å²) < 4.78 is 26.7. The van der Waals surface area contributed by atoms with Crippen molar-refractivity contribution in [3.63, 3.8) is 0 Å². The zero-order valence-electron chi connectivity index (χ0n) is 13.2. The lowest BCUT2D eigenvalue weighted by Crippen LogP contribution is -2.32. The third-order valence-electron chi connectivity index (χ3n) is 3.70. The minimum Gasteiger partial charge on any atom is -0.339 e. The number of hydrogen-bond acceptors (Lipinski definition) is 3. The average Bonchev–Trinajstić information content (AvgIpc) is 2.74. The fourth-order valence-electron chi connectivity index (χ4n) is 2.61. The molecule has 1 fully saturated rings. The quantitative estimate of drug-likeness (QED) is 0.925. The molecule has 0 saturated carbocycles. The molecule has 0 spiro atoms. The summed E-state index contributed by atoms with van der Waals surface area (Å²) in [7, 11) is -3.51. The molecular weight excluding hydrogens is 300 g/mol. The lowest BCUT2D eigenvalue weighted by molar-refractivity contribution is 0.0761. The number of likely N-dealkylation sites (tertiary alicyclic amines) is 1. The van der Waals surface area contributed by atoms with Crippen molar-refractivity contribution in [1.82, 2.24) is 9.62 Å². The zero-order valence-corrected chi connectivity index (χ0v) is 14.0. The molecule has 0 bridgehead atoms. The number of benzene rings is 1. The number of hydrogen-bond donors (Lipinski definition) is 1. The van der Waals surface area contributed by atoms with E-state index in [9.17, 15) is 13.2 Å². The van der Waals surface area contributed by atoms with Gasteiger partial charge in [0.15, 0.2) is 0 Å². The third kappa shape index (κ3) is 4.30. The van der Waals surface area contributed by atoms with E-state index in [-0.39, 0.29) is 16.8 Å². The molecule has 1 amide bonds. The second-order valence-electron chi connectivity index (χ2n) is 6.01. The van der Waals surface area contributed by atoms with Crippen molar-refractivity contribution < 1.29 is 13.2 Å². The van der Waals surface area contributed by atoms with Crippen LogP contribution in [-0.4, -0.2) is 38.4 Å². The molecule has 0 unspecified atom stereocenters. The highest BCUT2D eigenvalue weighted by atomic mass is 32.2. The van der Waals surface area contributed by atoms with Crippen LogP contribution >= 0.6 is 0 Å². The Hall–Kier alpha value is -1.40. The molecule has 6 heteroatoms. The van der Waals surface area contributed by atoms with Gasteiger partial charge in [-0.1, -0.05) is 12.8 Å². The van der Waals surface area contributed by atoms with Crippen molar-refractivity contribution in [3.8, 4) is 0 Å². The summed E-state index contributed by atoms with van der Waals surface area (Å²) >= 11 is 0. The summed E-state index contributed by atoms with van der Waals surface area (Å²) in [4.78, 5) is 14.5. The van der Waals surface area contributed by atoms with E-state index in [4.69, 9.17) is 0 Å². The largest absolute Gasteiger partial charge is 0.339 e. The topological polar surface area (TPSA) is 66.5 Å². The first-order valence-corrected chi connectivity index (χ1v) is 9.30. The fraction of sp³-hybridized carbons (Fsp3) is 0.562. The molecule has 1 aliphatic rings. The van der Waals surface area contributed by atoms with Crippen LogP contribution < -0.4 is 4.72 Å². The van der Waals surface area contributed by atoms with Crippen molar-refractivity contribution in [1.29, 1.82) is 0 Å². The van der Waals surface area contributed by atoms with Crippen LogP contribution in [0, 0.1) is 0 Å². The summed E-state index contributed by atoms with van der Waals surface area (Å²) in [6, 6.07) is 6.03. The highest BCUT2D eigenvalue weighted by Gasteiger charge is 2.19. The van der Waals surface area contributed by atoms with Crippen LogP contribution in [0.3, 0.4) is 0 Å². The molecule has 1 N–H and O–H groups in total. The summed E-state index contributed by atoms with van der Waals surface area (Å²) in [5.41, 5.74) is 0.547. The lowest BCUT2D eigenvalue weighted by atomic mass is 10.2. The number of rotatable bonds is 4. The van der Waals surface area contributed by atoms with E-state index in [1.165, 1.54) is 25.0 Å². The number of nitrogens with zero attached hydrogens (tertiary/aromatic N) is 1. The molecular formula is C16H24N2O3S. The summed E-state index contributed by atoms with van der Waals surface area (Å²) in [6.07, 6.45) is 4.41. The van der Waals surface area contributed by atoms with E-state index in [2.05, 4.69) is 4.72 Å². The first kappa shape index (κ1) is 17.0. The monoisotopic (exact) mass is 324 g/mol. The molecule has 0 aromatic heterocycles. The van der Waals surface area contributed by atoms with Gasteiger partial charge in [-0.3, -0.25) is 4.79 Å². The Labute approximate surface area is 132 Å². The Morgan fingerprint density at radius 1 is 1.05 bits per heavy atom. The van der Waals surface area contributed by atoms with Crippen molar-refractivity contribution in [2.24, 2.45) is 0 Å². The summed E-state index contributed by atoms with van der Waals surface area (Å²) in [5, 5.41) is 0. The standard InChI is InChI=1S/C16H24N2O3S/c1-13(2)17-22(20,21)15-9-7-14(8-10-15)16(19)18-11-5-3-4-6-12-18/h7-10,13,17H,3-6,11-12H2,1-2H3. The van der Waals surface area contributed by atoms with E-state index >= 15 is 0 Å². The van der Waals surface area contributed by atoms with E-state index in [0.717, 1.165) is 25.9 Å². The Bertz CT molecular complexity index is 601. The molecule has 0 radical (unpaired) electrons. The maximum absolute atomic E-state index is 12.5. The maximum Gasteiger partial charge on any atom is 0.253 e. The highest BCUT2D eigenvalue weighted by molar-refractivity contribution is 7.89. The minimum atomic E-state index is -3.51. The Balaban J connectivity index is 2.12. The van der Waals surface area contributed by atoms with Crippen LogP contribution in [0.2, 0.25) is 0 Å². The number of carbonyl (C=O) groups is 1. The summed E-state index contributed by atoms with van der Waals surface area (Å²) in [5.74, 6) is -0.0114. The first-order valence-electron chi connectivity index (χ1n) is 7.82. The van der Waals surface area contributed by atoms with Crippen molar-refractivity contribution in [2.75, 3.05) is 13.1 Å². The van der Waals surface area contributed by atoms with Gasteiger partial charge < -0.3 is 4.90 Å². The van der Waals surface area contributed by atoms with Gasteiger partial charge in [0.2, 0.25) is 10.0 Å². The molecule has 1 aromatic carbocycles. The van der Waals surface area contributed by atoms with Gasteiger partial charge in [-0.15, -0.1) is 0 Å². The van der Waals surface area contributed by atoms with Crippen molar-refractivity contribution >= 4 is 15.9 Å². The van der Waals surface area contributed by atoms with Crippen molar-refractivity contribution in [3.05, 3.63) is 29.8 Å². The number of sulfonamides is 1. The van der Waals surface area contributed by atoms with Crippen LogP contribution in [0.15, 0.2) is 29.2 Å². The summed E-state index contributed by atoms with van der Waals surface area (Å²) in [6.45, 7) is 5.12. The average molecular weight is 324 g/mol. The fourth-order valence-corrected chi connectivity index (χ4v) is 3.86. The molecule has 5 nitrogen and oxygen atoms in total.